The van der Waals surface area contributed by atoms with Crippen molar-refractivity contribution in [2.24, 2.45) is 0 Å². The lowest BCUT2D eigenvalue weighted by Gasteiger charge is -2.32. The summed E-state index contributed by atoms with van der Waals surface area (Å²) in [5, 5.41) is 3.05. The molecular weight excluding hydrogens is 519 g/mol. The van der Waals surface area contributed by atoms with E-state index in [9.17, 15) is 14.0 Å². The molecule has 0 unspecified atom stereocenters. The van der Waals surface area contributed by atoms with Gasteiger partial charge in [-0.1, -0.05) is 78.9 Å². The number of rotatable bonds is 13. The molecule has 1 N–H and O–H groups in total. The van der Waals surface area contributed by atoms with Gasteiger partial charge in [-0.05, 0) is 52.9 Å². The number of ether oxygens (including phenoxy) is 2. The molecule has 0 aromatic heterocycles. The lowest BCUT2D eigenvalue weighted by Crippen LogP contribution is -2.51. The standard InChI is InChI=1S/C34H35FN2O4/c1-40-31-18-15-27(22-32(31)41-2)19-20-36-34(39)30(21-25-9-5-3-6-10-25)37(24-28-13-16-29(35)17-14-28)33(38)23-26-11-7-4-8-12-26/h3-18,22,30H,19-21,23-24H2,1-2H3,(H,36,39)/t30-/m1/s1. The molecule has 0 radical (unpaired) electrons. The average Bonchev–Trinajstić information content (AvgIpc) is 3.00. The summed E-state index contributed by atoms with van der Waals surface area (Å²) in [6, 6.07) is 30.0. The van der Waals surface area contributed by atoms with E-state index in [4.69, 9.17) is 9.47 Å². The zero-order valence-electron chi connectivity index (χ0n) is 23.4. The maximum atomic E-state index is 13.8. The predicted molar refractivity (Wildman–Crippen MR) is 157 cm³/mol. The molecule has 1 atom stereocenters. The van der Waals surface area contributed by atoms with Crippen LogP contribution in [0.2, 0.25) is 0 Å². The summed E-state index contributed by atoms with van der Waals surface area (Å²) in [4.78, 5) is 29.2. The van der Waals surface area contributed by atoms with Crippen molar-refractivity contribution in [3.05, 3.63) is 131 Å². The minimum atomic E-state index is -0.774. The van der Waals surface area contributed by atoms with Gasteiger partial charge in [0, 0.05) is 19.5 Å². The molecular formula is C34H35FN2O4. The number of nitrogens with zero attached hydrogens (tertiary/aromatic N) is 1. The second kappa shape index (κ2) is 14.7. The molecule has 0 fully saturated rings. The van der Waals surface area contributed by atoms with Crippen LogP contribution in [-0.4, -0.2) is 43.5 Å². The van der Waals surface area contributed by atoms with Crippen molar-refractivity contribution in [1.82, 2.24) is 10.2 Å². The Bertz CT molecular complexity index is 1410. The summed E-state index contributed by atoms with van der Waals surface area (Å²) in [6.07, 6.45) is 1.05. The Morgan fingerprint density at radius 3 is 2.00 bits per heavy atom. The van der Waals surface area contributed by atoms with Crippen molar-refractivity contribution >= 4 is 11.8 Å². The maximum absolute atomic E-state index is 13.8. The fourth-order valence-electron chi connectivity index (χ4n) is 4.70. The highest BCUT2D eigenvalue weighted by molar-refractivity contribution is 5.88. The molecule has 6 nitrogen and oxygen atoms in total. The van der Waals surface area contributed by atoms with Crippen LogP contribution in [0.25, 0.3) is 0 Å². The van der Waals surface area contributed by atoms with E-state index in [0.29, 0.717) is 30.9 Å². The van der Waals surface area contributed by atoms with Crippen LogP contribution in [0.4, 0.5) is 4.39 Å². The summed E-state index contributed by atoms with van der Waals surface area (Å²) in [7, 11) is 3.17. The molecule has 0 spiro atoms. The summed E-state index contributed by atoms with van der Waals surface area (Å²) in [5.41, 5.74) is 3.51. The lowest BCUT2D eigenvalue weighted by molar-refractivity contribution is -0.140. The van der Waals surface area contributed by atoms with E-state index < -0.39 is 6.04 Å². The fourth-order valence-corrected chi connectivity index (χ4v) is 4.70. The molecule has 0 bridgehead atoms. The minimum absolute atomic E-state index is 0.145. The van der Waals surface area contributed by atoms with E-state index in [1.165, 1.54) is 12.1 Å². The molecule has 4 aromatic rings. The minimum Gasteiger partial charge on any atom is -0.493 e. The van der Waals surface area contributed by atoms with E-state index in [0.717, 1.165) is 22.3 Å². The Morgan fingerprint density at radius 2 is 1.37 bits per heavy atom. The van der Waals surface area contributed by atoms with Crippen molar-refractivity contribution in [3.63, 3.8) is 0 Å². The van der Waals surface area contributed by atoms with Crippen molar-refractivity contribution in [2.45, 2.75) is 31.8 Å². The maximum Gasteiger partial charge on any atom is 0.243 e. The lowest BCUT2D eigenvalue weighted by atomic mass is 10.0. The quantitative estimate of drug-likeness (QED) is 0.241. The first kappa shape index (κ1) is 29.3. The van der Waals surface area contributed by atoms with Crippen LogP contribution in [0.15, 0.2) is 103 Å². The molecule has 4 rings (SSSR count). The molecule has 0 aliphatic carbocycles. The van der Waals surface area contributed by atoms with Gasteiger partial charge in [0.25, 0.3) is 0 Å². The predicted octanol–water partition coefficient (Wildman–Crippen LogP) is 5.38. The zero-order valence-corrected chi connectivity index (χ0v) is 23.4. The van der Waals surface area contributed by atoms with Gasteiger partial charge in [-0.25, -0.2) is 4.39 Å². The van der Waals surface area contributed by atoms with Gasteiger partial charge in [0.2, 0.25) is 11.8 Å². The van der Waals surface area contributed by atoms with Crippen LogP contribution >= 0.6 is 0 Å². The SMILES string of the molecule is COc1ccc(CCNC(=O)[C@@H](Cc2ccccc2)N(Cc2ccc(F)cc2)C(=O)Cc2ccccc2)cc1OC. The average molecular weight is 555 g/mol. The normalized spacial score (nSPS) is 11.4. The molecule has 7 heteroatoms. The summed E-state index contributed by atoms with van der Waals surface area (Å²) in [5.74, 6) is 0.464. The number of hydrogen-bond acceptors (Lipinski definition) is 4. The monoisotopic (exact) mass is 554 g/mol. The highest BCUT2D eigenvalue weighted by atomic mass is 19.1. The largest absolute Gasteiger partial charge is 0.493 e. The van der Waals surface area contributed by atoms with E-state index in [1.54, 1.807) is 31.3 Å². The van der Waals surface area contributed by atoms with E-state index in [-0.39, 0.29) is 30.6 Å². The van der Waals surface area contributed by atoms with Crippen molar-refractivity contribution < 1.29 is 23.5 Å². The first-order valence-electron chi connectivity index (χ1n) is 13.6. The van der Waals surface area contributed by atoms with Gasteiger partial charge in [-0.15, -0.1) is 0 Å². The molecule has 0 heterocycles. The molecule has 0 saturated carbocycles. The molecule has 41 heavy (non-hydrogen) atoms. The van der Waals surface area contributed by atoms with Gasteiger partial charge >= 0.3 is 0 Å². The van der Waals surface area contributed by atoms with Crippen molar-refractivity contribution in [3.8, 4) is 11.5 Å². The number of carbonyl (C=O) groups excluding carboxylic acids is 2. The van der Waals surface area contributed by atoms with Crippen molar-refractivity contribution in [2.75, 3.05) is 20.8 Å². The number of carbonyl (C=O) groups is 2. The van der Waals surface area contributed by atoms with Crippen LogP contribution in [0.5, 0.6) is 11.5 Å². The number of methoxy groups -OCH3 is 2. The van der Waals surface area contributed by atoms with Crippen LogP contribution in [0, 0.1) is 5.82 Å². The Labute approximate surface area is 240 Å². The third kappa shape index (κ3) is 8.42. The Morgan fingerprint density at radius 1 is 0.756 bits per heavy atom. The Balaban J connectivity index is 1.57. The van der Waals surface area contributed by atoms with Crippen LogP contribution in [0.1, 0.15) is 22.3 Å². The summed E-state index contributed by atoms with van der Waals surface area (Å²) >= 11 is 0. The first-order chi connectivity index (χ1) is 20.0. The third-order valence-corrected chi connectivity index (χ3v) is 6.90. The molecule has 0 saturated heterocycles. The topological polar surface area (TPSA) is 67.9 Å². The van der Waals surface area contributed by atoms with Gasteiger partial charge in [0.1, 0.15) is 11.9 Å². The Kier molecular flexibility index (Phi) is 10.5. The third-order valence-electron chi connectivity index (χ3n) is 6.90. The fraction of sp³-hybridized carbons (Fsp3) is 0.235. The number of nitrogens with one attached hydrogen (secondary N) is 1. The van der Waals surface area contributed by atoms with Crippen molar-refractivity contribution in [1.29, 1.82) is 0 Å². The molecule has 4 aromatic carbocycles. The number of hydrogen-bond donors (Lipinski definition) is 1. The van der Waals surface area contributed by atoms with Gasteiger partial charge in [0.15, 0.2) is 11.5 Å². The van der Waals surface area contributed by atoms with Gasteiger partial charge in [-0.2, -0.15) is 0 Å². The van der Waals surface area contributed by atoms with Gasteiger partial charge < -0.3 is 19.7 Å². The Hall–Kier alpha value is -4.65. The molecule has 2 amide bonds. The second-order valence-corrected chi connectivity index (χ2v) is 9.75. The van der Waals surface area contributed by atoms with Gasteiger partial charge in [0.05, 0.1) is 20.6 Å². The highest BCUT2D eigenvalue weighted by Crippen LogP contribution is 2.27. The van der Waals surface area contributed by atoms with Crippen LogP contribution in [-0.2, 0) is 35.4 Å². The number of benzene rings is 4. The summed E-state index contributed by atoms with van der Waals surface area (Å²) in [6.45, 7) is 0.545. The highest BCUT2D eigenvalue weighted by Gasteiger charge is 2.30. The van der Waals surface area contributed by atoms with E-state index >= 15 is 0 Å². The van der Waals surface area contributed by atoms with E-state index in [2.05, 4.69) is 5.32 Å². The second-order valence-electron chi connectivity index (χ2n) is 9.75. The summed E-state index contributed by atoms with van der Waals surface area (Å²) < 4.78 is 24.4. The smallest absolute Gasteiger partial charge is 0.243 e. The van der Waals surface area contributed by atoms with Crippen LogP contribution < -0.4 is 14.8 Å². The molecule has 212 valence electrons. The zero-order chi connectivity index (χ0) is 29.0. The molecule has 0 aliphatic heterocycles. The van der Waals surface area contributed by atoms with E-state index in [1.807, 2.05) is 78.9 Å². The van der Waals surface area contributed by atoms with Crippen LogP contribution in [0.3, 0.4) is 0 Å². The number of amides is 2. The first-order valence-corrected chi connectivity index (χ1v) is 13.6. The van der Waals surface area contributed by atoms with Gasteiger partial charge in [-0.3, -0.25) is 9.59 Å². The number of halogens is 1. The molecule has 0 aliphatic rings.